The lowest BCUT2D eigenvalue weighted by Crippen LogP contribution is -2.45. The maximum absolute atomic E-state index is 13.2. The molecule has 106 valence electrons. The fourth-order valence-corrected chi connectivity index (χ4v) is 2.58. The molecule has 1 aliphatic rings. The Morgan fingerprint density at radius 3 is 2.70 bits per heavy atom. The summed E-state index contributed by atoms with van der Waals surface area (Å²) >= 11 is 5.14. The van der Waals surface area contributed by atoms with E-state index in [0.29, 0.717) is 13.1 Å². The van der Waals surface area contributed by atoms with E-state index >= 15 is 0 Å². The van der Waals surface area contributed by atoms with Crippen molar-refractivity contribution in [3.63, 3.8) is 0 Å². The molecule has 0 atom stereocenters. The zero-order valence-electron chi connectivity index (χ0n) is 11.1. The first kappa shape index (κ1) is 13.4. The predicted octanol–water partition coefficient (Wildman–Crippen LogP) is 3.14. The van der Waals surface area contributed by atoms with E-state index in [2.05, 4.69) is 4.98 Å². The van der Waals surface area contributed by atoms with E-state index in [9.17, 15) is 8.78 Å². The molecule has 3 heterocycles. The average Bonchev–Trinajstić information content (AvgIpc) is 2.81. The van der Waals surface area contributed by atoms with Gasteiger partial charge in [-0.1, -0.05) is 12.2 Å². The number of piperidine rings is 1. The zero-order chi connectivity index (χ0) is 14.3. The summed E-state index contributed by atoms with van der Waals surface area (Å²) in [7, 11) is 0. The first-order chi connectivity index (χ1) is 9.46. The molecule has 0 radical (unpaired) electrons. The van der Waals surface area contributed by atoms with Gasteiger partial charge in [0.2, 0.25) is 0 Å². The number of hydrogen-bond acceptors (Lipinski definition) is 3. The number of nitrogens with zero attached hydrogens (tertiary/aromatic N) is 3. The lowest BCUT2D eigenvalue weighted by atomic mass is 10.1. The SMILES string of the molecule is CC(=S)c1cnc2c(ccn2N2CCC(F)(F)CC2)c1. The molecule has 3 rings (SSSR count). The largest absolute Gasteiger partial charge is 0.311 e. The number of fused-ring (bicyclic) bond motifs is 1. The van der Waals surface area contributed by atoms with Gasteiger partial charge in [-0.2, -0.15) is 0 Å². The Hall–Kier alpha value is -1.56. The van der Waals surface area contributed by atoms with Crippen molar-refractivity contribution >= 4 is 28.1 Å². The quantitative estimate of drug-likeness (QED) is 0.627. The Morgan fingerprint density at radius 1 is 1.35 bits per heavy atom. The first-order valence-corrected chi connectivity index (χ1v) is 6.98. The second-order valence-electron chi connectivity index (χ2n) is 5.16. The van der Waals surface area contributed by atoms with Gasteiger partial charge in [-0.25, -0.2) is 18.4 Å². The number of rotatable bonds is 2. The van der Waals surface area contributed by atoms with Gasteiger partial charge in [-0.05, 0) is 19.1 Å². The molecule has 0 bridgehead atoms. The highest BCUT2D eigenvalue weighted by Gasteiger charge is 2.34. The van der Waals surface area contributed by atoms with Crippen molar-refractivity contribution in [2.24, 2.45) is 0 Å². The predicted molar refractivity (Wildman–Crippen MR) is 79.2 cm³/mol. The summed E-state index contributed by atoms with van der Waals surface area (Å²) in [6, 6.07) is 3.93. The second-order valence-corrected chi connectivity index (χ2v) is 5.78. The van der Waals surface area contributed by atoms with Crippen LogP contribution in [-0.2, 0) is 0 Å². The van der Waals surface area contributed by atoms with Crippen LogP contribution < -0.4 is 5.01 Å². The molecule has 0 aliphatic carbocycles. The van der Waals surface area contributed by atoms with Crippen LogP contribution in [0, 0.1) is 0 Å². The van der Waals surface area contributed by atoms with Gasteiger partial charge in [0, 0.05) is 54.1 Å². The first-order valence-electron chi connectivity index (χ1n) is 6.57. The third kappa shape index (κ3) is 2.40. The van der Waals surface area contributed by atoms with Crippen LogP contribution >= 0.6 is 12.2 Å². The summed E-state index contributed by atoms with van der Waals surface area (Å²) in [5.74, 6) is -2.53. The van der Waals surface area contributed by atoms with Gasteiger partial charge in [0.15, 0.2) is 5.65 Å². The van der Waals surface area contributed by atoms with E-state index in [0.717, 1.165) is 21.5 Å². The van der Waals surface area contributed by atoms with Crippen LogP contribution in [0.15, 0.2) is 24.5 Å². The van der Waals surface area contributed by atoms with Crippen LogP contribution in [0.3, 0.4) is 0 Å². The van der Waals surface area contributed by atoms with Gasteiger partial charge in [0.25, 0.3) is 5.92 Å². The van der Waals surface area contributed by atoms with Crippen molar-refractivity contribution in [1.29, 1.82) is 0 Å². The Kier molecular flexibility index (Phi) is 3.20. The number of pyridine rings is 1. The maximum Gasteiger partial charge on any atom is 0.251 e. The van der Waals surface area contributed by atoms with E-state index in [1.54, 1.807) is 6.20 Å². The van der Waals surface area contributed by atoms with Crippen LogP contribution in [0.4, 0.5) is 8.78 Å². The van der Waals surface area contributed by atoms with Crippen molar-refractivity contribution in [3.05, 3.63) is 30.1 Å². The van der Waals surface area contributed by atoms with Crippen molar-refractivity contribution < 1.29 is 8.78 Å². The highest BCUT2D eigenvalue weighted by atomic mass is 32.1. The summed E-state index contributed by atoms with van der Waals surface area (Å²) in [4.78, 5) is 5.22. The minimum absolute atomic E-state index is 0.107. The Bertz CT molecular complexity index is 655. The van der Waals surface area contributed by atoms with Crippen LogP contribution in [0.2, 0.25) is 0 Å². The molecule has 1 saturated heterocycles. The molecule has 0 spiro atoms. The normalized spacial score (nSPS) is 18.4. The Labute approximate surface area is 121 Å². The van der Waals surface area contributed by atoms with E-state index in [1.807, 2.05) is 34.9 Å². The van der Waals surface area contributed by atoms with E-state index < -0.39 is 5.92 Å². The van der Waals surface area contributed by atoms with Crippen molar-refractivity contribution in [1.82, 2.24) is 9.66 Å². The summed E-state index contributed by atoms with van der Waals surface area (Å²) in [6.45, 7) is 2.54. The minimum atomic E-state index is -2.53. The number of hydrogen-bond donors (Lipinski definition) is 0. The fraction of sp³-hybridized carbons (Fsp3) is 0.429. The number of halogens is 2. The van der Waals surface area contributed by atoms with E-state index in [1.165, 1.54) is 0 Å². The molecule has 20 heavy (non-hydrogen) atoms. The van der Waals surface area contributed by atoms with Crippen molar-refractivity contribution in [2.45, 2.75) is 25.7 Å². The summed E-state index contributed by atoms with van der Waals surface area (Å²) in [5.41, 5.74) is 1.71. The van der Waals surface area contributed by atoms with Crippen LogP contribution in [-0.4, -0.2) is 33.5 Å². The monoisotopic (exact) mass is 295 g/mol. The van der Waals surface area contributed by atoms with Gasteiger partial charge in [0.05, 0.1) is 0 Å². The molecule has 0 N–H and O–H groups in total. The lowest BCUT2D eigenvalue weighted by Gasteiger charge is -2.34. The molecule has 0 amide bonds. The van der Waals surface area contributed by atoms with Gasteiger partial charge in [0.1, 0.15) is 0 Å². The summed E-state index contributed by atoms with van der Waals surface area (Å²) in [5, 5.41) is 2.89. The standard InChI is InChI=1S/C14H15F2N3S/c1-10(20)12-8-11-2-5-19(13(11)17-9-12)18-6-3-14(15,16)4-7-18/h2,5,8-9H,3-4,6-7H2,1H3. The van der Waals surface area contributed by atoms with Gasteiger partial charge in [-0.3, -0.25) is 0 Å². The number of aromatic nitrogens is 2. The van der Waals surface area contributed by atoms with Gasteiger partial charge in [-0.15, -0.1) is 0 Å². The van der Waals surface area contributed by atoms with Crippen LogP contribution in [0.25, 0.3) is 11.0 Å². The summed E-state index contributed by atoms with van der Waals surface area (Å²) in [6.07, 6.45) is 3.40. The number of alkyl halides is 2. The average molecular weight is 295 g/mol. The zero-order valence-corrected chi connectivity index (χ0v) is 12.0. The van der Waals surface area contributed by atoms with E-state index in [4.69, 9.17) is 12.2 Å². The molecule has 1 fully saturated rings. The molecule has 0 aromatic carbocycles. The topological polar surface area (TPSA) is 21.1 Å². The Morgan fingerprint density at radius 2 is 2.05 bits per heavy atom. The third-order valence-corrected chi connectivity index (χ3v) is 3.93. The third-order valence-electron chi connectivity index (χ3n) is 3.69. The molecule has 0 saturated carbocycles. The van der Waals surface area contributed by atoms with E-state index in [-0.39, 0.29) is 12.8 Å². The highest BCUT2D eigenvalue weighted by molar-refractivity contribution is 7.80. The highest BCUT2D eigenvalue weighted by Crippen LogP contribution is 2.28. The smallest absolute Gasteiger partial charge is 0.251 e. The molecule has 1 aliphatic heterocycles. The molecular weight excluding hydrogens is 280 g/mol. The minimum Gasteiger partial charge on any atom is -0.311 e. The lowest BCUT2D eigenvalue weighted by molar-refractivity contribution is -0.0256. The Balaban J connectivity index is 1.91. The van der Waals surface area contributed by atoms with Gasteiger partial charge >= 0.3 is 0 Å². The summed E-state index contributed by atoms with van der Waals surface area (Å²) < 4.78 is 28.3. The molecule has 6 heteroatoms. The molecule has 2 aromatic rings. The van der Waals surface area contributed by atoms with Crippen LogP contribution in [0.5, 0.6) is 0 Å². The van der Waals surface area contributed by atoms with Crippen molar-refractivity contribution in [3.8, 4) is 0 Å². The fourth-order valence-electron chi connectivity index (χ4n) is 2.47. The van der Waals surface area contributed by atoms with Gasteiger partial charge < -0.3 is 5.01 Å². The molecule has 2 aromatic heterocycles. The molecular formula is C14H15F2N3S. The molecule has 0 unspecified atom stereocenters. The second kappa shape index (κ2) is 4.77. The number of thiocarbonyl (C=S) groups is 1. The van der Waals surface area contributed by atoms with Crippen LogP contribution in [0.1, 0.15) is 25.3 Å². The van der Waals surface area contributed by atoms with Crippen molar-refractivity contribution in [2.75, 3.05) is 18.1 Å². The maximum atomic E-state index is 13.2. The molecule has 3 nitrogen and oxygen atoms in total.